The van der Waals surface area contributed by atoms with Crippen LogP contribution in [0.4, 0.5) is 0 Å². The van der Waals surface area contributed by atoms with Crippen molar-refractivity contribution in [1.82, 2.24) is 5.32 Å². The molecule has 388 valence electrons. The molecule has 9 N–H and O–H groups in total. The minimum atomic E-state index is -2.38. The number of phenolic OH excluding ortho intramolecular Hbond substituents is 2. The number of benzene rings is 2. The Morgan fingerprint density at radius 2 is 1.40 bits per heavy atom. The van der Waals surface area contributed by atoms with E-state index in [0.29, 0.717) is 25.7 Å². The van der Waals surface area contributed by atoms with Gasteiger partial charge in [0.05, 0.1) is 55.3 Å². The van der Waals surface area contributed by atoms with Gasteiger partial charge in [0.15, 0.2) is 23.8 Å². The van der Waals surface area contributed by atoms with Gasteiger partial charge in [0.25, 0.3) is 0 Å². The van der Waals surface area contributed by atoms with Gasteiger partial charge in [0, 0.05) is 63.4 Å². The molecule has 1 heterocycles. The predicted octanol–water partition coefficient (Wildman–Crippen LogP) is 0.167. The number of aromatic hydroxyl groups is 2. The summed E-state index contributed by atoms with van der Waals surface area (Å²) in [5.74, 6) is -10.2. The Balaban J connectivity index is 0.000000570. The molecule has 70 heavy (non-hydrogen) atoms. The van der Waals surface area contributed by atoms with E-state index in [0.717, 1.165) is 0 Å². The summed E-state index contributed by atoms with van der Waals surface area (Å²) in [6.45, 7) is 0.493. The molecule has 23 nitrogen and oxygen atoms in total. The molecule has 0 spiro atoms. The van der Waals surface area contributed by atoms with E-state index in [-0.39, 0.29) is 86.9 Å². The molecule has 8 atom stereocenters. The average Bonchev–Trinajstić information content (AvgIpc) is 3.33. The Labute approximate surface area is 402 Å². The number of fused-ring (bicyclic) bond motifs is 3. The maximum absolute atomic E-state index is 13.9. The second kappa shape index (κ2) is 26.5. The van der Waals surface area contributed by atoms with E-state index in [4.69, 9.17) is 38.6 Å². The fourth-order valence-electron chi connectivity index (χ4n) is 8.41. The van der Waals surface area contributed by atoms with Crippen LogP contribution in [-0.4, -0.2) is 180 Å². The van der Waals surface area contributed by atoms with Crippen LogP contribution in [0.3, 0.4) is 0 Å². The normalized spacial score (nSPS) is 22.2. The molecule has 2 aromatic carbocycles. The van der Waals surface area contributed by atoms with E-state index in [1.165, 1.54) is 46.5 Å². The SMILES string of the molecule is COCCOC(=O)C(CCCCO)C(=O)NC1CC(O[C@H]2C[C@](O)(C(=O)CO)Cc3c(O)c4c(c(O)c32)C(=O)c2c(OC)cccc2C4=O)OC(C)C1O.COCCOC(=O)C(CCCCO)C(=O)O. The molecule has 0 aromatic heterocycles. The summed E-state index contributed by atoms with van der Waals surface area (Å²) in [5.41, 5.74) is -4.27. The lowest BCUT2D eigenvalue weighted by Crippen LogP contribution is -2.57. The van der Waals surface area contributed by atoms with E-state index in [1.807, 2.05) is 0 Å². The van der Waals surface area contributed by atoms with Gasteiger partial charge in [-0.25, -0.2) is 0 Å². The molecule has 1 fully saturated rings. The summed E-state index contributed by atoms with van der Waals surface area (Å²) >= 11 is 0. The first kappa shape index (κ1) is 57.0. The largest absolute Gasteiger partial charge is 0.507 e. The van der Waals surface area contributed by atoms with E-state index < -0.39 is 131 Å². The second-order valence-electron chi connectivity index (χ2n) is 16.8. The number of ether oxygens (including phenoxy) is 7. The number of carboxylic acid groups (broad SMARTS) is 1. The molecule has 23 heteroatoms. The number of carbonyl (C=O) groups is 7. The number of Topliss-reactive ketones (excluding diaryl/α,β-unsaturated/α-hetero) is 1. The lowest BCUT2D eigenvalue weighted by molar-refractivity contribution is -0.249. The topological polar surface area (TPSA) is 358 Å². The van der Waals surface area contributed by atoms with Crippen LogP contribution in [0.2, 0.25) is 0 Å². The van der Waals surface area contributed by atoms with Crippen molar-refractivity contribution in [3.05, 3.63) is 51.6 Å². The summed E-state index contributed by atoms with van der Waals surface area (Å²) in [6.07, 6.45) is -4.92. The monoisotopic (exact) mass is 993 g/mol. The van der Waals surface area contributed by atoms with Crippen LogP contribution in [0.5, 0.6) is 17.2 Å². The van der Waals surface area contributed by atoms with Gasteiger partial charge >= 0.3 is 17.9 Å². The molecule has 2 aromatic rings. The molecular weight excluding hydrogens is 931 g/mol. The van der Waals surface area contributed by atoms with Gasteiger partial charge < -0.3 is 79.3 Å². The highest BCUT2D eigenvalue weighted by Crippen LogP contribution is 2.52. The molecular formula is C47H63NO22. The summed E-state index contributed by atoms with van der Waals surface area (Å²) < 4.78 is 36.9. The quantitative estimate of drug-likeness (QED) is 0.0250. The van der Waals surface area contributed by atoms with Gasteiger partial charge in [-0.2, -0.15) is 0 Å². The zero-order valence-electron chi connectivity index (χ0n) is 39.4. The summed E-state index contributed by atoms with van der Waals surface area (Å²) in [6, 6.07) is 3.17. The van der Waals surface area contributed by atoms with Gasteiger partial charge in [0.2, 0.25) is 11.7 Å². The van der Waals surface area contributed by atoms with Crippen molar-refractivity contribution in [2.24, 2.45) is 11.8 Å². The zero-order valence-corrected chi connectivity index (χ0v) is 39.4. The van der Waals surface area contributed by atoms with Gasteiger partial charge in [-0.3, -0.25) is 33.6 Å². The first-order chi connectivity index (χ1) is 33.3. The highest BCUT2D eigenvalue weighted by Gasteiger charge is 2.50. The number of hydrogen-bond acceptors (Lipinski definition) is 21. The molecule has 0 saturated carbocycles. The van der Waals surface area contributed by atoms with Crippen molar-refractivity contribution in [3.63, 3.8) is 0 Å². The molecule has 3 aliphatic rings. The van der Waals surface area contributed by atoms with E-state index in [1.54, 1.807) is 0 Å². The molecule has 6 unspecified atom stereocenters. The Kier molecular flexibility index (Phi) is 21.6. The fraction of sp³-hybridized carbons (Fsp3) is 0.596. The first-order valence-electron chi connectivity index (χ1n) is 22.6. The van der Waals surface area contributed by atoms with Crippen LogP contribution in [0.25, 0.3) is 0 Å². The number of aliphatic carboxylic acids is 1. The number of rotatable bonds is 24. The standard InChI is InChI=1S/C37H45NO16.C10H18O6/c1-17-30(42)21(38-35(47)19(7-4-5-10-39)36(48)52-12-11-50-2)13-25(53-17)54-23-15-37(49,24(41)16-40)14-20-27(23)34(46)29-28(32(20)44)31(43)18-8-6-9-22(51-3)26(18)33(29)45;1-15-6-7-16-10(14)8(9(12)13)4-2-3-5-11/h6,8-9,17,19,21,23,25,30,39-40,42,44,46,49H,4-5,7,10-16H2,1-3H3,(H,38,47);8,11H,2-7H2,1H3,(H,12,13)/t17?,19?,21?,23-,25?,30?,37-;/m0./s1. The lowest BCUT2D eigenvalue weighted by Gasteiger charge is -2.43. The molecule has 2 aliphatic carbocycles. The second-order valence-corrected chi connectivity index (χ2v) is 16.8. The van der Waals surface area contributed by atoms with E-state index in [2.05, 4.69) is 10.1 Å². The Morgan fingerprint density at radius 3 is 1.96 bits per heavy atom. The van der Waals surface area contributed by atoms with Gasteiger partial charge in [-0.05, 0) is 51.5 Å². The lowest BCUT2D eigenvalue weighted by atomic mass is 9.72. The maximum atomic E-state index is 13.9. The number of carboxylic acids is 1. The smallest absolute Gasteiger partial charge is 0.320 e. The third kappa shape index (κ3) is 13.4. The molecule has 1 aliphatic heterocycles. The number of ketones is 3. The third-order valence-corrected chi connectivity index (χ3v) is 12.1. The predicted molar refractivity (Wildman–Crippen MR) is 238 cm³/mol. The summed E-state index contributed by atoms with van der Waals surface area (Å²) in [5, 5.41) is 84.9. The maximum Gasteiger partial charge on any atom is 0.320 e. The van der Waals surface area contributed by atoms with Crippen LogP contribution in [0.1, 0.15) is 107 Å². The number of esters is 2. The number of carbonyl (C=O) groups excluding carboxylic acids is 6. The van der Waals surface area contributed by atoms with Crippen molar-refractivity contribution in [2.75, 3.05) is 67.6 Å². The molecule has 0 radical (unpaired) electrons. The van der Waals surface area contributed by atoms with Crippen LogP contribution in [-0.2, 0) is 58.8 Å². The first-order valence-corrected chi connectivity index (χ1v) is 22.6. The molecule has 0 bridgehead atoms. The number of nitrogens with one attached hydrogen (secondary N) is 1. The van der Waals surface area contributed by atoms with Crippen molar-refractivity contribution >= 4 is 41.2 Å². The number of methoxy groups -OCH3 is 3. The highest BCUT2D eigenvalue weighted by atomic mass is 16.7. The van der Waals surface area contributed by atoms with Crippen molar-refractivity contribution in [3.8, 4) is 17.2 Å². The van der Waals surface area contributed by atoms with Gasteiger partial charge in [-0.15, -0.1) is 0 Å². The number of phenols is 2. The van der Waals surface area contributed by atoms with Crippen LogP contribution < -0.4 is 10.1 Å². The number of amides is 1. The minimum absolute atomic E-state index is 0.00887. The van der Waals surface area contributed by atoms with Crippen molar-refractivity contribution < 1.29 is 108 Å². The fourth-order valence-corrected chi connectivity index (χ4v) is 8.41. The highest BCUT2D eigenvalue weighted by molar-refractivity contribution is 6.31. The molecule has 5 rings (SSSR count). The Bertz CT molecular complexity index is 2200. The number of aliphatic hydroxyl groups excluding tert-OH is 4. The Hall–Kier alpha value is -5.63. The summed E-state index contributed by atoms with van der Waals surface area (Å²) in [4.78, 5) is 89.0. The number of aliphatic hydroxyl groups is 5. The number of unbranched alkanes of at least 4 members (excludes halogenated alkanes) is 2. The van der Waals surface area contributed by atoms with Crippen LogP contribution in [0.15, 0.2) is 18.2 Å². The van der Waals surface area contributed by atoms with Gasteiger partial charge in [-0.1, -0.05) is 12.1 Å². The molecule has 1 saturated heterocycles. The Morgan fingerprint density at radius 1 is 0.814 bits per heavy atom. The number of hydrogen-bond donors (Lipinski definition) is 9. The molecule has 1 amide bonds. The van der Waals surface area contributed by atoms with Crippen LogP contribution >= 0.6 is 0 Å². The van der Waals surface area contributed by atoms with Crippen LogP contribution in [0, 0.1) is 11.8 Å². The van der Waals surface area contributed by atoms with Gasteiger partial charge in [0.1, 0.15) is 54.7 Å². The summed E-state index contributed by atoms with van der Waals surface area (Å²) in [7, 11) is 4.17. The minimum Gasteiger partial charge on any atom is -0.507 e. The van der Waals surface area contributed by atoms with E-state index >= 15 is 0 Å². The third-order valence-electron chi connectivity index (χ3n) is 12.1. The zero-order chi connectivity index (χ0) is 51.9. The van der Waals surface area contributed by atoms with E-state index in [9.17, 15) is 64.2 Å². The average molecular weight is 994 g/mol. The van der Waals surface area contributed by atoms with Crippen molar-refractivity contribution in [2.45, 2.75) is 101 Å². The van der Waals surface area contributed by atoms with Crippen molar-refractivity contribution in [1.29, 1.82) is 0 Å².